The van der Waals surface area contributed by atoms with Gasteiger partial charge in [0.1, 0.15) is 6.07 Å². The highest BCUT2D eigenvalue weighted by Gasteiger charge is 2.19. The zero-order chi connectivity index (χ0) is 17.8. The Balaban J connectivity index is 1.95. The molecule has 2 heteroatoms. The Labute approximate surface area is 153 Å². The summed E-state index contributed by atoms with van der Waals surface area (Å²) >= 11 is 0. The Bertz CT molecular complexity index is 1040. The molecule has 0 aliphatic heterocycles. The molecule has 4 rings (SSSR count). The molecule has 0 N–H and O–H groups in total. The van der Waals surface area contributed by atoms with E-state index in [0.717, 1.165) is 28.9 Å². The minimum Gasteiger partial charge on any atom is -0.341 e. The molecule has 26 heavy (non-hydrogen) atoms. The largest absolute Gasteiger partial charge is 0.341 e. The third kappa shape index (κ3) is 3.03. The Morgan fingerprint density at radius 3 is 1.81 bits per heavy atom. The highest BCUT2D eigenvalue weighted by Crippen LogP contribution is 2.36. The van der Waals surface area contributed by atoms with E-state index in [1.165, 1.54) is 5.56 Å². The van der Waals surface area contributed by atoms with Crippen LogP contribution < -0.4 is 0 Å². The van der Waals surface area contributed by atoms with Gasteiger partial charge in [0.2, 0.25) is 0 Å². The van der Waals surface area contributed by atoms with Crippen molar-refractivity contribution in [2.24, 2.45) is 0 Å². The lowest BCUT2D eigenvalue weighted by Crippen LogP contribution is -2.00. The summed E-state index contributed by atoms with van der Waals surface area (Å²) in [6, 6.07) is 33.2. The molecule has 0 amide bonds. The van der Waals surface area contributed by atoms with Gasteiger partial charge in [0.05, 0.1) is 11.3 Å². The predicted molar refractivity (Wildman–Crippen MR) is 106 cm³/mol. The Morgan fingerprint density at radius 1 is 0.692 bits per heavy atom. The van der Waals surface area contributed by atoms with Crippen LogP contribution in [0.25, 0.3) is 22.4 Å². The highest BCUT2D eigenvalue weighted by atomic mass is 15.0. The molecule has 0 radical (unpaired) electrons. The topological polar surface area (TPSA) is 28.7 Å². The summed E-state index contributed by atoms with van der Waals surface area (Å²) in [6.07, 6.45) is 1.97. The summed E-state index contributed by atoms with van der Waals surface area (Å²) in [5.41, 5.74) is 6.17. The average molecular weight is 334 g/mol. The smallest absolute Gasteiger partial charge is 0.101 e. The molecule has 0 saturated heterocycles. The van der Waals surface area contributed by atoms with E-state index in [-0.39, 0.29) is 0 Å². The maximum atomic E-state index is 9.77. The van der Waals surface area contributed by atoms with Gasteiger partial charge in [-0.2, -0.15) is 5.26 Å². The maximum Gasteiger partial charge on any atom is 0.101 e. The summed E-state index contributed by atoms with van der Waals surface area (Å²) < 4.78 is 2.19. The van der Waals surface area contributed by atoms with Gasteiger partial charge < -0.3 is 4.57 Å². The Kier molecular flexibility index (Phi) is 4.37. The monoisotopic (exact) mass is 334 g/mol. The summed E-state index contributed by atoms with van der Waals surface area (Å²) in [4.78, 5) is 0. The second-order valence-electron chi connectivity index (χ2n) is 6.22. The third-order valence-electron chi connectivity index (χ3n) is 4.50. The quantitative estimate of drug-likeness (QED) is 0.467. The molecular formula is C24H18N2. The van der Waals surface area contributed by atoms with Crippen LogP contribution in [0.3, 0.4) is 0 Å². The zero-order valence-electron chi connectivity index (χ0n) is 14.3. The first-order valence-electron chi connectivity index (χ1n) is 8.65. The molecule has 3 aromatic carbocycles. The van der Waals surface area contributed by atoms with Crippen LogP contribution in [0.5, 0.6) is 0 Å². The molecule has 0 aliphatic carbocycles. The van der Waals surface area contributed by atoms with Crippen LogP contribution in [-0.2, 0) is 6.54 Å². The van der Waals surface area contributed by atoms with E-state index in [2.05, 4.69) is 47.0 Å². The van der Waals surface area contributed by atoms with E-state index in [4.69, 9.17) is 0 Å². The molecule has 1 aromatic heterocycles. The van der Waals surface area contributed by atoms with Gasteiger partial charge in [-0.1, -0.05) is 91.0 Å². The van der Waals surface area contributed by atoms with Crippen molar-refractivity contribution in [1.82, 2.24) is 4.57 Å². The van der Waals surface area contributed by atoms with Gasteiger partial charge in [0.15, 0.2) is 0 Å². The molecule has 0 unspecified atom stereocenters. The summed E-state index contributed by atoms with van der Waals surface area (Å²) in [6.45, 7) is 0.729. The standard InChI is InChI=1S/C24H18N2/c25-16-22-18-26(17-19-10-4-1-5-11-19)24(21-14-8-3-9-15-21)23(22)20-12-6-2-7-13-20/h1-15,18H,17H2. The number of aromatic nitrogens is 1. The van der Waals surface area contributed by atoms with Crippen molar-refractivity contribution in [2.75, 3.05) is 0 Å². The van der Waals surface area contributed by atoms with Crippen molar-refractivity contribution in [3.05, 3.63) is 108 Å². The minimum atomic E-state index is 0.700. The molecule has 0 aliphatic rings. The zero-order valence-corrected chi connectivity index (χ0v) is 14.3. The molecule has 0 saturated carbocycles. The fraction of sp³-hybridized carbons (Fsp3) is 0.0417. The lowest BCUT2D eigenvalue weighted by molar-refractivity contribution is 0.814. The fourth-order valence-electron chi connectivity index (χ4n) is 3.35. The predicted octanol–water partition coefficient (Wildman–Crippen LogP) is 5.74. The summed E-state index contributed by atoms with van der Waals surface area (Å²) in [7, 11) is 0. The van der Waals surface area contributed by atoms with Crippen molar-refractivity contribution in [2.45, 2.75) is 6.54 Å². The Morgan fingerprint density at radius 2 is 1.23 bits per heavy atom. The molecule has 1 heterocycles. The maximum absolute atomic E-state index is 9.77. The molecule has 4 aromatic rings. The van der Waals surface area contributed by atoms with E-state index >= 15 is 0 Å². The number of nitrogens with zero attached hydrogens (tertiary/aromatic N) is 2. The van der Waals surface area contributed by atoms with E-state index in [1.807, 2.05) is 60.8 Å². The van der Waals surface area contributed by atoms with Crippen LogP contribution in [0, 0.1) is 11.3 Å². The summed E-state index contributed by atoms with van der Waals surface area (Å²) in [5.74, 6) is 0. The number of benzene rings is 3. The fourth-order valence-corrected chi connectivity index (χ4v) is 3.35. The van der Waals surface area contributed by atoms with E-state index in [9.17, 15) is 5.26 Å². The number of rotatable bonds is 4. The van der Waals surface area contributed by atoms with Gasteiger partial charge in [0, 0.05) is 18.3 Å². The van der Waals surface area contributed by atoms with Gasteiger partial charge in [0.25, 0.3) is 0 Å². The van der Waals surface area contributed by atoms with Crippen molar-refractivity contribution in [1.29, 1.82) is 5.26 Å². The number of hydrogen-bond donors (Lipinski definition) is 0. The van der Waals surface area contributed by atoms with E-state index < -0.39 is 0 Å². The van der Waals surface area contributed by atoms with Crippen LogP contribution in [0.15, 0.2) is 97.2 Å². The molecule has 0 fully saturated rings. The molecule has 0 atom stereocenters. The van der Waals surface area contributed by atoms with Crippen molar-refractivity contribution >= 4 is 0 Å². The highest BCUT2D eigenvalue weighted by molar-refractivity contribution is 5.86. The van der Waals surface area contributed by atoms with Crippen molar-refractivity contribution in [3.63, 3.8) is 0 Å². The third-order valence-corrected chi connectivity index (χ3v) is 4.50. The van der Waals surface area contributed by atoms with Crippen LogP contribution in [-0.4, -0.2) is 4.57 Å². The normalized spacial score (nSPS) is 10.4. The van der Waals surface area contributed by atoms with Crippen LogP contribution in [0.2, 0.25) is 0 Å². The Hall–Kier alpha value is -3.57. The van der Waals surface area contributed by atoms with Crippen LogP contribution in [0.4, 0.5) is 0 Å². The average Bonchev–Trinajstić information content (AvgIpc) is 3.08. The molecule has 2 nitrogen and oxygen atoms in total. The SMILES string of the molecule is N#Cc1cn(Cc2ccccc2)c(-c2ccccc2)c1-c1ccccc1. The van der Waals surface area contributed by atoms with Crippen molar-refractivity contribution < 1.29 is 0 Å². The second-order valence-corrected chi connectivity index (χ2v) is 6.22. The first-order valence-corrected chi connectivity index (χ1v) is 8.65. The lowest BCUT2D eigenvalue weighted by atomic mass is 9.98. The molecule has 0 bridgehead atoms. The molecule has 0 spiro atoms. The minimum absolute atomic E-state index is 0.700. The molecule has 124 valence electrons. The number of hydrogen-bond acceptors (Lipinski definition) is 1. The van der Waals surface area contributed by atoms with Gasteiger partial charge in [-0.25, -0.2) is 0 Å². The van der Waals surface area contributed by atoms with E-state index in [1.54, 1.807) is 0 Å². The van der Waals surface area contributed by atoms with Crippen LogP contribution in [0.1, 0.15) is 11.1 Å². The summed E-state index contributed by atoms with van der Waals surface area (Å²) in [5, 5.41) is 9.77. The van der Waals surface area contributed by atoms with Gasteiger partial charge in [-0.3, -0.25) is 0 Å². The first-order chi connectivity index (χ1) is 12.9. The molecular weight excluding hydrogens is 316 g/mol. The second kappa shape index (κ2) is 7.13. The van der Waals surface area contributed by atoms with Gasteiger partial charge in [-0.05, 0) is 16.7 Å². The van der Waals surface area contributed by atoms with Gasteiger partial charge in [-0.15, -0.1) is 0 Å². The van der Waals surface area contributed by atoms with Crippen LogP contribution >= 0.6 is 0 Å². The van der Waals surface area contributed by atoms with E-state index in [0.29, 0.717) is 5.56 Å². The number of nitriles is 1. The lowest BCUT2D eigenvalue weighted by Gasteiger charge is -2.12. The van der Waals surface area contributed by atoms with Gasteiger partial charge >= 0.3 is 0 Å². The van der Waals surface area contributed by atoms with Crippen molar-refractivity contribution in [3.8, 4) is 28.5 Å². The first kappa shape index (κ1) is 15.9.